The summed E-state index contributed by atoms with van der Waals surface area (Å²) < 4.78 is 2.13. The zero-order valence-electron chi connectivity index (χ0n) is 17.5. The number of aromatic carboxylic acids is 1. The zero-order valence-corrected chi connectivity index (χ0v) is 17.5. The van der Waals surface area contributed by atoms with Crippen molar-refractivity contribution in [3.8, 4) is 6.07 Å². The molecule has 2 saturated heterocycles. The van der Waals surface area contributed by atoms with Crippen LogP contribution >= 0.6 is 0 Å². The average molecular weight is 416 g/mol. The summed E-state index contributed by atoms with van der Waals surface area (Å²) in [7, 11) is 2.05. The van der Waals surface area contributed by atoms with E-state index in [1.165, 1.54) is 18.0 Å². The van der Waals surface area contributed by atoms with E-state index in [1.807, 2.05) is 25.2 Å². The van der Waals surface area contributed by atoms with E-state index in [-0.39, 0.29) is 11.0 Å². The first kappa shape index (κ1) is 19.5. The number of rotatable bonds is 4. The Balaban J connectivity index is 1.29. The molecule has 1 atom stereocenters. The molecule has 0 aliphatic carbocycles. The monoisotopic (exact) mass is 416 g/mol. The number of carboxylic acids is 1. The van der Waals surface area contributed by atoms with Gasteiger partial charge in [0.05, 0.1) is 17.2 Å². The number of likely N-dealkylation sites (tertiary alicyclic amines) is 1. The number of benzene rings is 1. The normalized spacial score (nSPS) is 21.2. The molecule has 1 N–H and O–H groups in total. The molecule has 1 unspecified atom stereocenters. The van der Waals surface area contributed by atoms with E-state index < -0.39 is 5.97 Å². The fourth-order valence-corrected chi connectivity index (χ4v) is 5.11. The number of fused-ring (bicyclic) bond motifs is 1. The number of anilines is 1. The van der Waals surface area contributed by atoms with Crippen LogP contribution in [0.15, 0.2) is 36.8 Å². The molecule has 2 fully saturated rings. The first-order chi connectivity index (χ1) is 15.0. The molecule has 5 rings (SSSR count). The van der Waals surface area contributed by atoms with E-state index in [4.69, 9.17) is 5.11 Å². The predicted molar refractivity (Wildman–Crippen MR) is 116 cm³/mol. The van der Waals surface area contributed by atoms with Gasteiger partial charge in [-0.25, -0.2) is 14.8 Å². The van der Waals surface area contributed by atoms with Crippen molar-refractivity contribution in [3.63, 3.8) is 0 Å². The molecule has 0 bridgehead atoms. The highest BCUT2D eigenvalue weighted by atomic mass is 16.4. The van der Waals surface area contributed by atoms with Crippen LogP contribution in [0.5, 0.6) is 0 Å². The Morgan fingerprint density at radius 2 is 2.00 bits per heavy atom. The number of aryl methyl sites for hydroxylation is 1. The number of hydrogen-bond acceptors (Lipinski definition) is 6. The number of nitriles is 1. The Bertz CT molecular complexity index is 1200. The minimum atomic E-state index is -1.01. The van der Waals surface area contributed by atoms with Crippen molar-refractivity contribution in [2.24, 2.45) is 12.5 Å². The minimum absolute atomic E-state index is 0.111. The maximum Gasteiger partial charge on any atom is 0.338 e. The first-order valence-electron chi connectivity index (χ1n) is 10.5. The van der Waals surface area contributed by atoms with Crippen molar-refractivity contribution >= 4 is 22.8 Å². The summed E-state index contributed by atoms with van der Waals surface area (Å²) in [5.74, 6) is -0.399. The smallest absolute Gasteiger partial charge is 0.338 e. The van der Waals surface area contributed by atoms with Crippen LogP contribution in [-0.2, 0) is 13.6 Å². The van der Waals surface area contributed by atoms with Crippen LogP contribution in [0.4, 0.5) is 5.95 Å². The lowest BCUT2D eigenvalue weighted by Crippen LogP contribution is -2.31. The summed E-state index contributed by atoms with van der Waals surface area (Å²) in [6.45, 7) is 4.72. The summed E-state index contributed by atoms with van der Waals surface area (Å²) in [5.41, 5.74) is 3.43. The fourth-order valence-electron chi connectivity index (χ4n) is 5.11. The third-order valence-corrected chi connectivity index (χ3v) is 6.72. The van der Waals surface area contributed by atoms with Crippen molar-refractivity contribution in [2.45, 2.75) is 19.4 Å². The molecule has 3 aromatic rings. The van der Waals surface area contributed by atoms with Gasteiger partial charge in [-0.3, -0.25) is 4.90 Å². The number of hydrogen-bond donors (Lipinski definition) is 1. The zero-order chi connectivity index (χ0) is 21.6. The largest absolute Gasteiger partial charge is 0.478 e. The summed E-state index contributed by atoms with van der Waals surface area (Å²) in [6, 6.07) is 8.13. The second-order valence-corrected chi connectivity index (χ2v) is 8.82. The number of carbonyl (C=O) groups is 1. The summed E-state index contributed by atoms with van der Waals surface area (Å²) in [4.78, 5) is 24.2. The van der Waals surface area contributed by atoms with Crippen LogP contribution < -0.4 is 4.90 Å². The fraction of sp³-hybridized carbons (Fsp3) is 0.391. The Labute approximate surface area is 180 Å². The van der Waals surface area contributed by atoms with E-state index in [9.17, 15) is 10.1 Å². The maximum absolute atomic E-state index is 11.0. The van der Waals surface area contributed by atoms with Gasteiger partial charge >= 0.3 is 5.97 Å². The van der Waals surface area contributed by atoms with Gasteiger partial charge in [0.25, 0.3) is 0 Å². The molecule has 0 saturated carbocycles. The standard InChI is InChI=1S/C23H24N6O2/c1-27-12-18(19-8-16(9-24)2-3-20(19)27)13-28-6-4-23(14-28)5-7-29(15-23)22-25-10-17(11-26-22)21(30)31/h2-3,8,10-12H,4-7,13-15H2,1H3,(H,30,31). The van der Waals surface area contributed by atoms with Crippen molar-refractivity contribution < 1.29 is 9.90 Å². The van der Waals surface area contributed by atoms with E-state index >= 15 is 0 Å². The molecule has 8 nitrogen and oxygen atoms in total. The van der Waals surface area contributed by atoms with Crippen LogP contribution in [0.1, 0.15) is 34.3 Å². The Morgan fingerprint density at radius 3 is 2.74 bits per heavy atom. The first-order valence-corrected chi connectivity index (χ1v) is 10.5. The molecular weight excluding hydrogens is 392 g/mol. The van der Waals surface area contributed by atoms with Gasteiger partial charge in [0.2, 0.25) is 5.95 Å². The third-order valence-electron chi connectivity index (χ3n) is 6.72. The van der Waals surface area contributed by atoms with Gasteiger partial charge in [0, 0.05) is 68.1 Å². The molecule has 2 aromatic heterocycles. The number of nitrogens with zero attached hydrogens (tertiary/aromatic N) is 6. The van der Waals surface area contributed by atoms with Crippen molar-refractivity contribution in [3.05, 3.63) is 53.5 Å². The van der Waals surface area contributed by atoms with Gasteiger partial charge in [-0.2, -0.15) is 5.26 Å². The van der Waals surface area contributed by atoms with Crippen LogP contribution in [0.3, 0.4) is 0 Å². The molecule has 1 spiro atoms. The minimum Gasteiger partial charge on any atom is -0.478 e. The van der Waals surface area contributed by atoms with E-state index in [2.05, 4.69) is 36.6 Å². The molecule has 0 amide bonds. The average Bonchev–Trinajstić information content (AvgIpc) is 3.47. The summed E-state index contributed by atoms with van der Waals surface area (Å²) >= 11 is 0. The van der Waals surface area contributed by atoms with Crippen LogP contribution in [0, 0.1) is 16.7 Å². The topological polar surface area (TPSA) is 98.3 Å². The van der Waals surface area contributed by atoms with Crippen LogP contribution in [0.2, 0.25) is 0 Å². The highest BCUT2D eigenvalue weighted by Gasteiger charge is 2.44. The van der Waals surface area contributed by atoms with Crippen molar-refractivity contribution in [1.82, 2.24) is 19.4 Å². The maximum atomic E-state index is 11.0. The van der Waals surface area contributed by atoms with Crippen LogP contribution in [0.25, 0.3) is 10.9 Å². The van der Waals surface area contributed by atoms with E-state index in [0.717, 1.165) is 56.5 Å². The molecule has 0 radical (unpaired) electrons. The lowest BCUT2D eigenvalue weighted by molar-refractivity contribution is 0.0696. The Morgan fingerprint density at radius 1 is 1.23 bits per heavy atom. The molecule has 4 heterocycles. The van der Waals surface area contributed by atoms with E-state index in [0.29, 0.717) is 11.5 Å². The molecule has 2 aliphatic heterocycles. The van der Waals surface area contributed by atoms with Gasteiger partial charge in [-0.1, -0.05) is 0 Å². The van der Waals surface area contributed by atoms with Crippen molar-refractivity contribution in [1.29, 1.82) is 5.26 Å². The lowest BCUT2D eigenvalue weighted by Gasteiger charge is -2.24. The molecule has 31 heavy (non-hydrogen) atoms. The Kier molecular flexibility index (Phi) is 4.63. The SMILES string of the molecule is Cn1cc(CN2CCC3(CCN(c4ncc(C(=O)O)cn4)C3)C2)c2cc(C#N)ccc21. The molecule has 2 aliphatic rings. The van der Waals surface area contributed by atoms with E-state index in [1.54, 1.807) is 0 Å². The van der Waals surface area contributed by atoms with Gasteiger partial charge in [-0.05, 0) is 43.1 Å². The quantitative estimate of drug-likeness (QED) is 0.698. The van der Waals surface area contributed by atoms with Gasteiger partial charge in [-0.15, -0.1) is 0 Å². The third kappa shape index (κ3) is 3.51. The molecule has 8 heteroatoms. The van der Waals surface area contributed by atoms with Crippen molar-refractivity contribution in [2.75, 3.05) is 31.1 Å². The summed E-state index contributed by atoms with van der Waals surface area (Å²) in [5, 5.41) is 19.5. The van der Waals surface area contributed by atoms with Gasteiger partial charge in [0.1, 0.15) is 0 Å². The Hall–Kier alpha value is -3.44. The highest BCUT2D eigenvalue weighted by Crippen LogP contribution is 2.41. The lowest BCUT2D eigenvalue weighted by atomic mass is 9.86. The highest BCUT2D eigenvalue weighted by molar-refractivity contribution is 5.87. The van der Waals surface area contributed by atoms with Crippen LogP contribution in [-0.4, -0.2) is 56.7 Å². The second-order valence-electron chi connectivity index (χ2n) is 8.82. The number of carboxylic acid groups (broad SMARTS) is 1. The number of aromatic nitrogens is 3. The summed E-state index contributed by atoms with van der Waals surface area (Å²) in [6.07, 6.45) is 7.15. The molecule has 1 aromatic carbocycles. The second kappa shape index (κ2) is 7.36. The molecule has 158 valence electrons. The van der Waals surface area contributed by atoms with Gasteiger partial charge < -0.3 is 14.6 Å². The molecular formula is C23H24N6O2. The predicted octanol–water partition coefficient (Wildman–Crippen LogP) is 2.64. The van der Waals surface area contributed by atoms with Gasteiger partial charge in [0.15, 0.2) is 0 Å².